The average molecular weight is 400 g/mol. The molecule has 10 heteroatoms. The molecule has 2 rings (SSSR count). The Morgan fingerprint density at radius 1 is 1.42 bits per heavy atom. The summed E-state index contributed by atoms with van der Waals surface area (Å²) in [5, 5.41) is 11.7. The van der Waals surface area contributed by atoms with Crippen LogP contribution in [0.5, 0.6) is 5.75 Å². The fraction of sp³-hybridized carbons (Fsp3) is 0.312. The minimum atomic E-state index is -2.85. The normalized spacial score (nSPS) is 10.6. The van der Waals surface area contributed by atoms with Crippen LogP contribution >= 0.6 is 23.1 Å². The number of ether oxygens (including phenoxy) is 1. The lowest BCUT2D eigenvalue weighted by molar-refractivity contribution is -0.127. The number of amides is 1. The van der Waals surface area contributed by atoms with Crippen molar-refractivity contribution >= 4 is 34.1 Å². The molecule has 0 radical (unpaired) electrons. The van der Waals surface area contributed by atoms with Gasteiger partial charge in [-0.15, -0.1) is 16.8 Å². The van der Waals surface area contributed by atoms with Crippen LogP contribution in [-0.4, -0.2) is 47.0 Å². The van der Waals surface area contributed by atoms with Crippen LogP contribution in [0.15, 0.2) is 41.3 Å². The van der Waals surface area contributed by atoms with Crippen molar-refractivity contribution < 1.29 is 18.3 Å². The van der Waals surface area contributed by atoms with E-state index in [1.807, 2.05) is 0 Å². The standard InChI is InChI=1S/C16H18F2N4O2S2/c1-3-8-19-15-20-21-16(26-15)25-10-13(23)22(2)9-11-4-6-12(7-5-11)24-14(17)18/h3-7,14H,1,8-10H2,2H3,(H,19,20). The summed E-state index contributed by atoms with van der Waals surface area (Å²) in [5.74, 6) is 0.253. The summed E-state index contributed by atoms with van der Waals surface area (Å²) in [6, 6.07) is 6.20. The number of nitrogens with one attached hydrogen (secondary N) is 1. The zero-order valence-corrected chi connectivity index (χ0v) is 15.7. The Hall–Kier alpha value is -2.20. The van der Waals surface area contributed by atoms with Crippen LogP contribution in [0.1, 0.15) is 5.56 Å². The number of halogens is 2. The Morgan fingerprint density at radius 3 is 2.81 bits per heavy atom. The van der Waals surface area contributed by atoms with Gasteiger partial charge >= 0.3 is 6.61 Å². The lowest BCUT2D eigenvalue weighted by Crippen LogP contribution is -2.27. The van der Waals surface area contributed by atoms with Gasteiger partial charge in [-0.2, -0.15) is 8.78 Å². The number of alkyl halides is 2. The van der Waals surface area contributed by atoms with E-state index in [0.717, 1.165) is 5.56 Å². The van der Waals surface area contributed by atoms with Gasteiger partial charge in [0.1, 0.15) is 5.75 Å². The molecule has 0 fully saturated rings. The SMILES string of the molecule is C=CCNc1nnc(SCC(=O)N(C)Cc2ccc(OC(F)F)cc2)s1. The minimum absolute atomic E-state index is 0.0706. The van der Waals surface area contributed by atoms with Gasteiger partial charge in [0.05, 0.1) is 5.75 Å². The summed E-state index contributed by atoms with van der Waals surface area (Å²) in [5.41, 5.74) is 0.819. The lowest BCUT2D eigenvalue weighted by atomic mass is 10.2. The minimum Gasteiger partial charge on any atom is -0.435 e. The van der Waals surface area contributed by atoms with Crippen molar-refractivity contribution in [3.63, 3.8) is 0 Å². The average Bonchev–Trinajstić information content (AvgIpc) is 3.07. The molecule has 1 aromatic heterocycles. The second-order valence-corrected chi connectivity index (χ2v) is 7.30. The Bertz CT molecular complexity index is 725. The number of hydrogen-bond acceptors (Lipinski definition) is 7. The smallest absolute Gasteiger partial charge is 0.387 e. The number of carbonyl (C=O) groups excluding carboxylic acids is 1. The Balaban J connectivity index is 1.79. The molecular weight excluding hydrogens is 382 g/mol. The third kappa shape index (κ3) is 6.60. The molecule has 0 saturated heterocycles. The molecule has 0 aliphatic carbocycles. The van der Waals surface area contributed by atoms with Crippen molar-refractivity contribution in [3.8, 4) is 5.75 Å². The summed E-state index contributed by atoms with van der Waals surface area (Å²) in [6.07, 6.45) is 1.72. The van der Waals surface area contributed by atoms with Gasteiger partial charge in [-0.05, 0) is 17.7 Å². The monoisotopic (exact) mass is 400 g/mol. The maximum Gasteiger partial charge on any atom is 0.387 e. The number of aromatic nitrogens is 2. The Morgan fingerprint density at radius 2 is 2.15 bits per heavy atom. The van der Waals surface area contributed by atoms with Gasteiger partial charge in [0.15, 0.2) is 4.34 Å². The van der Waals surface area contributed by atoms with E-state index in [2.05, 4.69) is 26.8 Å². The molecule has 0 spiro atoms. The van der Waals surface area contributed by atoms with Gasteiger partial charge in [-0.1, -0.05) is 41.3 Å². The van der Waals surface area contributed by atoms with E-state index >= 15 is 0 Å². The van der Waals surface area contributed by atoms with E-state index in [1.165, 1.54) is 35.2 Å². The molecule has 1 heterocycles. The highest BCUT2D eigenvalue weighted by atomic mass is 32.2. The molecule has 1 amide bonds. The predicted molar refractivity (Wildman–Crippen MR) is 98.9 cm³/mol. The van der Waals surface area contributed by atoms with Gasteiger partial charge < -0.3 is 15.0 Å². The molecule has 0 aliphatic rings. The number of hydrogen-bond donors (Lipinski definition) is 1. The third-order valence-electron chi connectivity index (χ3n) is 3.12. The highest BCUT2D eigenvalue weighted by Crippen LogP contribution is 2.25. The van der Waals surface area contributed by atoms with E-state index in [0.29, 0.717) is 22.6 Å². The maximum atomic E-state index is 12.2. The molecule has 140 valence electrons. The third-order valence-corrected chi connectivity index (χ3v) is 5.12. The molecule has 1 aromatic carbocycles. The zero-order valence-electron chi connectivity index (χ0n) is 14.0. The lowest BCUT2D eigenvalue weighted by Gasteiger charge is -2.17. The summed E-state index contributed by atoms with van der Waals surface area (Å²) in [6.45, 7) is 1.73. The van der Waals surface area contributed by atoms with Crippen LogP contribution in [0.4, 0.5) is 13.9 Å². The molecule has 6 nitrogen and oxygen atoms in total. The summed E-state index contributed by atoms with van der Waals surface area (Å²) >= 11 is 2.69. The van der Waals surface area contributed by atoms with E-state index in [9.17, 15) is 13.6 Å². The Labute approximate surface area is 158 Å². The molecule has 1 N–H and O–H groups in total. The van der Waals surface area contributed by atoms with Crippen LogP contribution in [0.2, 0.25) is 0 Å². The first kappa shape index (κ1) is 20.1. The number of thioether (sulfide) groups is 1. The maximum absolute atomic E-state index is 12.2. The van der Waals surface area contributed by atoms with Crippen molar-refractivity contribution in [2.45, 2.75) is 17.5 Å². The summed E-state index contributed by atoms with van der Waals surface area (Å²) in [4.78, 5) is 13.8. The molecule has 0 bridgehead atoms. The first-order valence-electron chi connectivity index (χ1n) is 7.56. The van der Waals surface area contributed by atoms with E-state index in [-0.39, 0.29) is 17.4 Å². The van der Waals surface area contributed by atoms with Gasteiger partial charge in [0, 0.05) is 20.1 Å². The zero-order chi connectivity index (χ0) is 18.9. The highest BCUT2D eigenvalue weighted by molar-refractivity contribution is 8.01. The molecule has 0 saturated carbocycles. The molecular formula is C16H18F2N4O2S2. The van der Waals surface area contributed by atoms with Crippen molar-refractivity contribution in [1.29, 1.82) is 0 Å². The van der Waals surface area contributed by atoms with Gasteiger partial charge in [0.25, 0.3) is 0 Å². The summed E-state index contributed by atoms with van der Waals surface area (Å²) < 4.78 is 29.3. The van der Waals surface area contributed by atoms with Crippen LogP contribution in [0, 0.1) is 0 Å². The first-order valence-corrected chi connectivity index (χ1v) is 9.37. The molecule has 2 aromatic rings. The second kappa shape index (κ2) is 10.1. The van der Waals surface area contributed by atoms with Crippen LogP contribution in [0.3, 0.4) is 0 Å². The summed E-state index contributed by atoms with van der Waals surface area (Å²) in [7, 11) is 1.68. The van der Waals surface area contributed by atoms with Crippen molar-refractivity contribution in [2.24, 2.45) is 0 Å². The quantitative estimate of drug-likeness (QED) is 0.486. The Kier molecular flexibility index (Phi) is 7.79. The van der Waals surface area contributed by atoms with Gasteiger partial charge in [-0.25, -0.2) is 0 Å². The van der Waals surface area contributed by atoms with Crippen LogP contribution in [-0.2, 0) is 11.3 Å². The molecule has 0 aliphatic heterocycles. The number of nitrogens with zero attached hydrogens (tertiary/aromatic N) is 3. The number of anilines is 1. The van der Waals surface area contributed by atoms with Crippen molar-refractivity contribution in [1.82, 2.24) is 15.1 Å². The first-order chi connectivity index (χ1) is 12.5. The predicted octanol–water partition coefficient (Wildman–Crippen LogP) is 3.49. The van der Waals surface area contributed by atoms with E-state index in [1.54, 1.807) is 30.2 Å². The van der Waals surface area contributed by atoms with E-state index < -0.39 is 6.61 Å². The molecule has 26 heavy (non-hydrogen) atoms. The van der Waals surface area contributed by atoms with E-state index in [4.69, 9.17) is 0 Å². The van der Waals surface area contributed by atoms with Crippen molar-refractivity contribution in [3.05, 3.63) is 42.5 Å². The number of rotatable bonds is 10. The topological polar surface area (TPSA) is 67.4 Å². The highest BCUT2D eigenvalue weighted by Gasteiger charge is 2.13. The molecule has 0 unspecified atom stereocenters. The largest absolute Gasteiger partial charge is 0.435 e. The fourth-order valence-corrected chi connectivity index (χ4v) is 3.57. The van der Waals surface area contributed by atoms with Crippen molar-refractivity contribution in [2.75, 3.05) is 24.7 Å². The number of carbonyl (C=O) groups is 1. The van der Waals surface area contributed by atoms with Gasteiger partial charge in [-0.3, -0.25) is 4.79 Å². The number of benzene rings is 1. The second-order valence-electron chi connectivity index (χ2n) is 5.10. The fourth-order valence-electron chi connectivity index (χ4n) is 1.87. The molecule has 0 atom stereocenters. The van der Waals surface area contributed by atoms with Crippen LogP contribution < -0.4 is 10.1 Å². The van der Waals surface area contributed by atoms with Crippen LogP contribution in [0.25, 0.3) is 0 Å². The van der Waals surface area contributed by atoms with Gasteiger partial charge in [0.2, 0.25) is 11.0 Å².